The van der Waals surface area contributed by atoms with Crippen molar-refractivity contribution in [3.05, 3.63) is 17.8 Å². The molecule has 1 saturated heterocycles. The SMILES string of the molecule is CN1C(=O)CC(Nc2ncc(C#N)cc2N)C1=O. The Morgan fingerprint density at radius 1 is 1.61 bits per heavy atom. The molecule has 1 fully saturated rings. The number of nitrogen functional groups attached to an aromatic ring is 1. The summed E-state index contributed by atoms with van der Waals surface area (Å²) in [5, 5.41) is 11.5. The van der Waals surface area contributed by atoms with Gasteiger partial charge in [-0.25, -0.2) is 4.98 Å². The molecule has 3 N–H and O–H groups in total. The number of amides is 2. The maximum atomic E-state index is 11.7. The van der Waals surface area contributed by atoms with Crippen LogP contribution in [0.3, 0.4) is 0 Å². The van der Waals surface area contributed by atoms with Crippen LogP contribution in [0.2, 0.25) is 0 Å². The molecule has 1 aliphatic heterocycles. The lowest BCUT2D eigenvalue weighted by atomic mass is 10.2. The average molecular weight is 245 g/mol. The van der Waals surface area contributed by atoms with Gasteiger partial charge < -0.3 is 11.1 Å². The van der Waals surface area contributed by atoms with Gasteiger partial charge >= 0.3 is 0 Å². The quantitative estimate of drug-likeness (QED) is 0.692. The van der Waals surface area contributed by atoms with Gasteiger partial charge in [-0.15, -0.1) is 0 Å². The van der Waals surface area contributed by atoms with E-state index >= 15 is 0 Å². The van der Waals surface area contributed by atoms with Gasteiger partial charge in [0.2, 0.25) is 5.91 Å². The molecule has 0 aliphatic carbocycles. The molecule has 0 aromatic carbocycles. The Kier molecular flexibility index (Phi) is 2.85. The number of anilines is 2. The van der Waals surface area contributed by atoms with Gasteiger partial charge in [0, 0.05) is 13.2 Å². The molecule has 0 saturated carbocycles. The van der Waals surface area contributed by atoms with Crippen LogP contribution in [0.1, 0.15) is 12.0 Å². The van der Waals surface area contributed by atoms with Crippen molar-refractivity contribution in [2.75, 3.05) is 18.1 Å². The fourth-order valence-corrected chi connectivity index (χ4v) is 1.70. The standard InChI is InChI=1S/C11H11N5O2/c1-16-9(17)3-8(11(16)18)15-10-7(13)2-6(4-12)5-14-10/h2,5,8H,3,13H2,1H3,(H,14,15). The zero-order chi connectivity index (χ0) is 13.3. The Hall–Kier alpha value is -2.62. The minimum Gasteiger partial charge on any atom is -0.396 e. The second kappa shape index (κ2) is 4.33. The third-order valence-corrected chi connectivity index (χ3v) is 2.74. The fourth-order valence-electron chi connectivity index (χ4n) is 1.70. The molecular weight excluding hydrogens is 234 g/mol. The number of nitrogens with one attached hydrogen (secondary N) is 1. The fraction of sp³-hybridized carbons (Fsp3) is 0.273. The molecule has 1 unspecified atom stereocenters. The van der Waals surface area contributed by atoms with Gasteiger partial charge in [-0.3, -0.25) is 14.5 Å². The number of pyridine rings is 1. The molecule has 2 rings (SSSR count). The lowest BCUT2D eigenvalue weighted by molar-refractivity contribution is -0.136. The Balaban J connectivity index is 2.18. The highest BCUT2D eigenvalue weighted by molar-refractivity contribution is 6.06. The number of rotatable bonds is 2. The van der Waals surface area contributed by atoms with E-state index in [9.17, 15) is 9.59 Å². The summed E-state index contributed by atoms with van der Waals surface area (Å²) in [5.74, 6) is -0.259. The van der Waals surface area contributed by atoms with E-state index in [2.05, 4.69) is 10.3 Å². The molecule has 7 heteroatoms. The predicted octanol–water partition coefficient (Wildman–Crippen LogP) is -0.295. The number of nitrogens with zero attached hydrogens (tertiary/aromatic N) is 3. The van der Waals surface area contributed by atoms with Crippen LogP contribution < -0.4 is 11.1 Å². The van der Waals surface area contributed by atoms with Crippen molar-refractivity contribution < 1.29 is 9.59 Å². The van der Waals surface area contributed by atoms with Crippen LogP contribution in [0.4, 0.5) is 11.5 Å². The van der Waals surface area contributed by atoms with E-state index in [1.54, 1.807) is 0 Å². The van der Waals surface area contributed by atoms with E-state index in [1.807, 2.05) is 6.07 Å². The smallest absolute Gasteiger partial charge is 0.251 e. The maximum absolute atomic E-state index is 11.7. The van der Waals surface area contributed by atoms with Crippen molar-refractivity contribution in [3.63, 3.8) is 0 Å². The van der Waals surface area contributed by atoms with Crippen LogP contribution >= 0.6 is 0 Å². The van der Waals surface area contributed by atoms with Crippen LogP contribution in [0.5, 0.6) is 0 Å². The van der Waals surface area contributed by atoms with Gasteiger partial charge in [0.1, 0.15) is 17.9 Å². The summed E-state index contributed by atoms with van der Waals surface area (Å²) in [7, 11) is 1.43. The van der Waals surface area contributed by atoms with Crippen LogP contribution in [0.15, 0.2) is 12.3 Å². The lowest BCUT2D eigenvalue weighted by Crippen LogP contribution is -2.32. The molecule has 1 aromatic rings. The Labute approximate surface area is 103 Å². The first-order valence-corrected chi connectivity index (χ1v) is 5.25. The molecule has 1 aliphatic rings. The normalized spacial score (nSPS) is 18.9. The molecule has 1 aromatic heterocycles. The summed E-state index contributed by atoms with van der Waals surface area (Å²) in [6.45, 7) is 0. The second-order valence-corrected chi connectivity index (χ2v) is 3.97. The number of likely N-dealkylation sites (tertiary alicyclic amines) is 1. The van der Waals surface area contributed by atoms with Crippen molar-refractivity contribution >= 4 is 23.3 Å². The number of nitrogens with two attached hydrogens (primary N) is 1. The molecule has 92 valence electrons. The third kappa shape index (κ3) is 1.96. The number of carbonyl (C=O) groups is 2. The Bertz CT molecular complexity index is 563. The zero-order valence-corrected chi connectivity index (χ0v) is 9.67. The maximum Gasteiger partial charge on any atom is 0.251 e. The van der Waals surface area contributed by atoms with Gasteiger partial charge in [0.05, 0.1) is 17.7 Å². The van der Waals surface area contributed by atoms with Crippen LogP contribution in [-0.2, 0) is 9.59 Å². The monoisotopic (exact) mass is 245 g/mol. The highest BCUT2D eigenvalue weighted by Gasteiger charge is 2.36. The largest absolute Gasteiger partial charge is 0.396 e. The van der Waals surface area contributed by atoms with Crippen LogP contribution in [0.25, 0.3) is 0 Å². The first-order valence-electron chi connectivity index (χ1n) is 5.25. The van der Waals surface area contributed by atoms with Crippen LogP contribution in [-0.4, -0.2) is 34.8 Å². The van der Waals surface area contributed by atoms with E-state index in [1.165, 1.54) is 19.3 Å². The van der Waals surface area contributed by atoms with Gasteiger partial charge in [-0.05, 0) is 6.07 Å². The molecule has 18 heavy (non-hydrogen) atoms. The van der Waals surface area contributed by atoms with Crippen molar-refractivity contribution in [3.8, 4) is 6.07 Å². The Morgan fingerprint density at radius 2 is 2.33 bits per heavy atom. The molecule has 0 bridgehead atoms. The molecule has 1 atom stereocenters. The molecule has 2 amide bonds. The zero-order valence-electron chi connectivity index (χ0n) is 9.67. The van der Waals surface area contributed by atoms with Crippen LogP contribution in [0, 0.1) is 11.3 Å². The molecular formula is C11H11N5O2. The van der Waals surface area contributed by atoms with Gasteiger partial charge in [0.15, 0.2) is 0 Å². The highest BCUT2D eigenvalue weighted by atomic mass is 16.2. The summed E-state index contributed by atoms with van der Waals surface area (Å²) >= 11 is 0. The topological polar surface area (TPSA) is 112 Å². The molecule has 0 spiro atoms. The van der Waals surface area contributed by atoms with E-state index in [-0.39, 0.29) is 23.9 Å². The van der Waals surface area contributed by atoms with E-state index < -0.39 is 6.04 Å². The third-order valence-electron chi connectivity index (χ3n) is 2.74. The van der Waals surface area contributed by atoms with Gasteiger partial charge in [0.25, 0.3) is 5.91 Å². The summed E-state index contributed by atoms with van der Waals surface area (Å²) in [5.41, 5.74) is 6.31. The number of hydrogen-bond acceptors (Lipinski definition) is 6. The predicted molar refractivity (Wildman–Crippen MR) is 63.2 cm³/mol. The number of hydrogen-bond donors (Lipinski definition) is 2. The molecule has 2 heterocycles. The van der Waals surface area contributed by atoms with Gasteiger partial charge in [-0.1, -0.05) is 0 Å². The van der Waals surface area contributed by atoms with E-state index in [0.29, 0.717) is 11.4 Å². The minimum absolute atomic E-state index is 0.0798. The number of likely N-dealkylation sites (N-methyl/N-ethyl adjacent to an activating group) is 1. The van der Waals surface area contributed by atoms with Crippen molar-refractivity contribution in [2.45, 2.75) is 12.5 Å². The number of carbonyl (C=O) groups excluding carboxylic acids is 2. The summed E-state index contributed by atoms with van der Waals surface area (Å²) in [6.07, 6.45) is 1.43. The van der Waals surface area contributed by atoms with Crippen molar-refractivity contribution in [1.82, 2.24) is 9.88 Å². The minimum atomic E-state index is -0.648. The summed E-state index contributed by atoms with van der Waals surface area (Å²) in [4.78, 5) is 28.0. The number of aromatic nitrogens is 1. The lowest BCUT2D eigenvalue weighted by Gasteiger charge is -2.13. The summed E-state index contributed by atoms with van der Waals surface area (Å²) in [6, 6.07) is 2.72. The Morgan fingerprint density at radius 3 is 2.83 bits per heavy atom. The van der Waals surface area contributed by atoms with Crippen molar-refractivity contribution in [1.29, 1.82) is 5.26 Å². The molecule has 0 radical (unpaired) electrons. The second-order valence-electron chi connectivity index (χ2n) is 3.97. The highest BCUT2D eigenvalue weighted by Crippen LogP contribution is 2.20. The molecule has 7 nitrogen and oxygen atoms in total. The average Bonchev–Trinajstić information content (AvgIpc) is 2.59. The number of nitriles is 1. The summed E-state index contributed by atoms with van der Waals surface area (Å²) < 4.78 is 0. The number of imide groups is 1. The first-order chi connectivity index (χ1) is 8.52. The van der Waals surface area contributed by atoms with E-state index in [4.69, 9.17) is 11.0 Å². The first kappa shape index (κ1) is 11.9. The van der Waals surface area contributed by atoms with Crippen molar-refractivity contribution in [2.24, 2.45) is 0 Å². The van der Waals surface area contributed by atoms with E-state index in [0.717, 1.165) is 4.90 Å². The van der Waals surface area contributed by atoms with Gasteiger partial charge in [-0.2, -0.15) is 5.26 Å².